The van der Waals surface area contributed by atoms with Crippen molar-refractivity contribution in [3.63, 3.8) is 0 Å². The third kappa shape index (κ3) is 2.79. The van der Waals surface area contributed by atoms with Crippen LogP contribution in [0.4, 0.5) is 5.69 Å². The summed E-state index contributed by atoms with van der Waals surface area (Å²) in [5.74, 6) is 0.144. The van der Waals surface area contributed by atoms with Crippen molar-refractivity contribution in [2.75, 3.05) is 32.6 Å². The van der Waals surface area contributed by atoms with Crippen LogP contribution in [-0.2, 0) is 10.3 Å². The van der Waals surface area contributed by atoms with Gasteiger partial charge in [0.2, 0.25) is 0 Å². The monoisotopic (exact) mass is 475 g/mol. The Balaban J connectivity index is 1.88. The third-order valence-corrected chi connectivity index (χ3v) is 6.59. The molecule has 1 spiro atoms. The smallest absolute Gasteiger partial charge is 0.256 e. The molecule has 9 heteroatoms. The third-order valence-electron chi connectivity index (χ3n) is 6.00. The molecule has 1 saturated heterocycles. The fourth-order valence-corrected chi connectivity index (χ4v) is 5.46. The van der Waals surface area contributed by atoms with Crippen molar-refractivity contribution in [2.24, 2.45) is 0 Å². The van der Waals surface area contributed by atoms with Crippen molar-refractivity contribution in [2.45, 2.75) is 24.4 Å². The predicted molar refractivity (Wildman–Crippen MR) is 115 cm³/mol. The summed E-state index contributed by atoms with van der Waals surface area (Å²) in [6.45, 7) is 2.63. The molecule has 2 heterocycles. The molecular formula is C21H22BrN3O5. The zero-order chi connectivity index (χ0) is 21.6. The number of nitrogens with one attached hydrogen (secondary N) is 1. The van der Waals surface area contributed by atoms with Gasteiger partial charge in [-0.25, -0.2) is 0 Å². The SMILES string of the molecule is CCOc1cc([C@@H]2CN(C)[C@]3(C(=O)Nc4ccccc43)[C@H]2[N+](=O)[O-])cc(Br)c1OC. The van der Waals surface area contributed by atoms with E-state index in [4.69, 9.17) is 9.47 Å². The van der Waals surface area contributed by atoms with E-state index >= 15 is 0 Å². The fraction of sp³-hybridized carbons (Fsp3) is 0.381. The van der Waals surface area contributed by atoms with Gasteiger partial charge in [0, 0.05) is 22.7 Å². The van der Waals surface area contributed by atoms with E-state index in [2.05, 4.69) is 21.2 Å². The molecule has 30 heavy (non-hydrogen) atoms. The number of ether oxygens (including phenoxy) is 2. The van der Waals surface area contributed by atoms with Crippen LogP contribution in [-0.4, -0.2) is 49.1 Å². The summed E-state index contributed by atoms with van der Waals surface area (Å²) >= 11 is 3.49. The lowest BCUT2D eigenvalue weighted by molar-refractivity contribution is -0.534. The van der Waals surface area contributed by atoms with Crippen LogP contribution in [0.25, 0.3) is 0 Å². The first kappa shape index (κ1) is 20.6. The van der Waals surface area contributed by atoms with Crippen molar-refractivity contribution in [1.82, 2.24) is 4.90 Å². The number of amides is 1. The Kier molecular flexibility index (Phi) is 5.19. The number of rotatable bonds is 5. The summed E-state index contributed by atoms with van der Waals surface area (Å²) in [6.07, 6.45) is 0. The van der Waals surface area contributed by atoms with Crippen LogP contribution in [0.15, 0.2) is 40.9 Å². The number of likely N-dealkylation sites (N-methyl/N-ethyl adjacent to an activating group) is 1. The Morgan fingerprint density at radius 3 is 2.77 bits per heavy atom. The second-order valence-electron chi connectivity index (χ2n) is 7.45. The Hall–Kier alpha value is -2.65. The highest BCUT2D eigenvalue weighted by molar-refractivity contribution is 9.10. The van der Waals surface area contributed by atoms with Crippen LogP contribution in [0, 0.1) is 10.1 Å². The number of para-hydroxylation sites is 1. The van der Waals surface area contributed by atoms with Gasteiger partial charge in [-0.05, 0) is 53.7 Å². The molecular weight excluding hydrogens is 454 g/mol. The van der Waals surface area contributed by atoms with Gasteiger partial charge in [-0.15, -0.1) is 0 Å². The minimum atomic E-state index is -1.37. The Bertz CT molecular complexity index is 1030. The number of carbonyl (C=O) groups excluding carboxylic acids is 1. The molecule has 0 unspecified atom stereocenters. The van der Waals surface area contributed by atoms with Crippen LogP contribution in [0.5, 0.6) is 11.5 Å². The van der Waals surface area contributed by atoms with Crippen LogP contribution in [0.3, 0.4) is 0 Å². The minimum absolute atomic E-state index is 0.325. The molecule has 2 aromatic carbocycles. The Labute approximate surface area is 182 Å². The first-order valence-electron chi connectivity index (χ1n) is 9.62. The van der Waals surface area contributed by atoms with Gasteiger partial charge < -0.3 is 14.8 Å². The molecule has 3 atom stereocenters. The van der Waals surface area contributed by atoms with E-state index in [0.29, 0.717) is 45.9 Å². The number of halogens is 1. The average Bonchev–Trinajstić information content (AvgIpc) is 3.18. The van der Waals surface area contributed by atoms with E-state index in [-0.39, 0.29) is 10.8 Å². The molecule has 0 radical (unpaired) electrons. The molecule has 1 N–H and O–H groups in total. The number of anilines is 1. The maximum absolute atomic E-state index is 13.2. The lowest BCUT2D eigenvalue weighted by Gasteiger charge is -2.30. The van der Waals surface area contributed by atoms with Crippen LogP contribution in [0.2, 0.25) is 0 Å². The summed E-state index contributed by atoms with van der Waals surface area (Å²) in [4.78, 5) is 27.1. The van der Waals surface area contributed by atoms with Gasteiger partial charge in [0.1, 0.15) is 0 Å². The number of benzene rings is 2. The maximum Gasteiger partial charge on any atom is 0.256 e. The largest absolute Gasteiger partial charge is 0.492 e. The van der Waals surface area contributed by atoms with Crippen LogP contribution in [0.1, 0.15) is 24.0 Å². The summed E-state index contributed by atoms with van der Waals surface area (Å²) < 4.78 is 11.8. The topological polar surface area (TPSA) is 93.9 Å². The van der Waals surface area contributed by atoms with Crippen molar-refractivity contribution >= 4 is 27.5 Å². The van der Waals surface area contributed by atoms with Gasteiger partial charge in [0.15, 0.2) is 17.0 Å². The molecule has 4 rings (SSSR count). The standard InChI is InChI=1S/C21H22BrN3O5/c1-4-30-17-10-12(9-15(22)18(17)29-3)13-11-24(2)21(19(13)25(27)28)14-7-5-6-8-16(14)23-20(21)26/h5-10,13,19H,4,11H2,1-3H3,(H,23,26)/t13-,19-,21-/m0/s1. The molecule has 0 bridgehead atoms. The number of hydrogen-bond donors (Lipinski definition) is 1. The quantitative estimate of drug-likeness (QED) is 0.526. The highest BCUT2D eigenvalue weighted by Crippen LogP contribution is 2.53. The van der Waals surface area contributed by atoms with E-state index in [0.717, 1.165) is 0 Å². The van der Waals surface area contributed by atoms with E-state index in [1.807, 2.05) is 13.0 Å². The highest BCUT2D eigenvalue weighted by atomic mass is 79.9. The molecule has 0 aliphatic carbocycles. The number of nitrogens with zero attached hydrogens (tertiary/aromatic N) is 2. The molecule has 8 nitrogen and oxygen atoms in total. The number of nitro groups is 1. The van der Waals surface area contributed by atoms with Crippen molar-refractivity contribution in [3.8, 4) is 11.5 Å². The van der Waals surface area contributed by atoms with Crippen LogP contribution < -0.4 is 14.8 Å². The fourth-order valence-electron chi connectivity index (χ4n) is 4.84. The second kappa shape index (κ2) is 7.55. The number of likely N-dealkylation sites (tertiary alicyclic amines) is 1. The zero-order valence-electron chi connectivity index (χ0n) is 16.8. The lowest BCUT2D eigenvalue weighted by atomic mass is 9.79. The van der Waals surface area contributed by atoms with Gasteiger partial charge in [-0.1, -0.05) is 18.2 Å². The molecule has 2 aliphatic heterocycles. The van der Waals surface area contributed by atoms with Gasteiger partial charge in [-0.2, -0.15) is 0 Å². The number of methoxy groups -OCH3 is 1. The molecule has 2 aliphatic rings. The first-order valence-corrected chi connectivity index (χ1v) is 10.4. The minimum Gasteiger partial charge on any atom is -0.492 e. The molecule has 1 fully saturated rings. The van der Waals surface area contributed by atoms with Gasteiger partial charge in [0.25, 0.3) is 11.9 Å². The zero-order valence-corrected chi connectivity index (χ0v) is 18.4. The van der Waals surface area contributed by atoms with Crippen LogP contribution >= 0.6 is 15.9 Å². The summed E-state index contributed by atoms with van der Waals surface area (Å²) in [6, 6.07) is 9.60. The van der Waals surface area contributed by atoms with E-state index < -0.39 is 17.5 Å². The number of fused-ring (bicyclic) bond motifs is 2. The molecule has 158 valence electrons. The molecule has 2 aromatic rings. The normalized spacial score (nSPS) is 25.3. The second-order valence-corrected chi connectivity index (χ2v) is 8.30. The van der Waals surface area contributed by atoms with Gasteiger partial charge in [-0.3, -0.25) is 19.8 Å². The van der Waals surface area contributed by atoms with E-state index in [1.54, 1.807) is 49.4 Å². The first-order chi connectivity index (χ1) is 14.4. The Morgan fingerprint density at radius 2 is 2.10 bits per heavy atom. The summed E-state index contributed by atoms with van der Waals surface area (Å²) in [5, 5.41) is 15.2. The average molecular weight is 476 g/mol. The molecule has 0 saturated carbocycles. The van der Waals surface area contributed by atoms with Crippen molar-refractivity contribution in [1.29, 1.82) is 0 Å². The number of hydrogen-bond acceptors (Lipinski definition) is 6. The van der Waals surface area contributed by atoms with Gasteiger partial charge >= 0.3 is 0 Å². The molecule has 0 aromatic heterocycles. The van der Waals surface area contributed by atoms with Crippen molar-refractivity contribution in [3.05, 3.63) is 62.1 Å². The predicted octanol–water partition coefficient (Wildman–Crippen LogP) is 3.38. The lowest BCUT2D eigenvalue weighted by Crippen LogP contribution is -2.54. The highest BCUT2D eigenvalue weighted by Gasteiger charge is 2.68. The van der Waals surface area contributed by atoms with E-state index in [1.165, 1.54) is 0 Å². The molecule has 1 amide bonds. The number of carbonyl (C=O) groups is 1. The maximum atomic E-state index is 13.2. The van der Waals surface area contributed by atoms with Gasteiger partial charge in [0.05, 0.1) is 24.1 Å². The summed E-state index contributed by atoms with van der Waals surface area (Å²) in [5.41, 5.74) is 0.601. The Morgan fingerprint density at radius 1 is 1.37 bits per heavy atom. The van der Waals surface area contributed by atoms with E-state index in [9.17, 15) is 14.9 Å². The summed E-state index contributed by atoms with van der Waals surface area (Å²) in [7, 11) is 3.31. The van der Waals surface area contributed by atoms with Crippen molar-refractivity contribution < 1.29 is 19.2 Å².